The van der Waals surface area contributed by atoms with E-state index in [4.69, 9.17) is 10.8 Å². The van der Waals surface area contributed by atoms with Crippen LogP contribution in [0.5, 0.6) is 0 Å². The summed E-state index contributed by atoms with van der Waals surface area (Å²) in [6.07, 6.45) is -4.16. The van der Waals surface area contributed by atoms with Crippen LogP contribution in [0.15, 0.2) is 76.4 Å². The van der Waals surface area contributed by atoms with Gasteiger partial charge in [0.2, 0.25) is 11.6 Å². The molecular formula is C27H24F6N7O2+. The van der Waals surface area contributed by atoms with Gasteiger partial charge >= 0.3 is 12.4 Å². The molecule has 0 radical (unpaired) electrons. The number of aliphatic imine (C=N–C) groups is 2. The maximum Gasteiger partial charge on any atom is 0.416 e. The molecule has 42 heavy (non-hydrogen) atoms. The molecule has 9 nitrogen and oxygen atoms in total. The van der Waals surface area contributed by atoms with Crippen LogP contribution in [0.25, 0.3) is 0 Å². The van der Waals surface area contributed by atoms with Crippen molar-refractivity contribution in [2.24, 2.45) is 21.7 Å². The molecule has 15 heteroatoms. The van der Waals surface area contributed by atoms with E-state index in [2.05, 4.69) is 15.3 Å². The van der Waals surface area contributed by atoms with E-state index in [1.54, 1.807) is 18.3 Å². The number of nitrogens with zero attached hydrogens (tertiary/aromatic N) is 5. The summed E-state index contributed by atoms with van der Waals surface area (Å²) in [6.45, 7) is 0.255. The molecule has 2 aromatic rings. The van der Waals surface area contributed by atoms with Gasteiger partial charge in [0.05, 0.1) is 23.5 Å². The average Bonchev–Trinajstić information content (AvgIpc) is 3.25. The Morgan fingerprint density at radius 3 is 2.52 bits per heavy atom. The molecule has 1 saturated heterocycles. The molecule has 5 rings (SSSR count). The fraction of sp³-hybridized carbons (Fsp3) is 0.296. The van der Waals surface area contributed by atoms with Gasteiger partial charge in [-0.2, -0.15) is 37.2 Å². The van der Waals surface area contributed by atoms with Gasteiger partial charge in [-0.25, -0.2) is 4.98 Å². The SMILES string of the molecule is N[N+]12C=CN=CC1=C([C@@H]1CCCN(C(=O)CC(F)(F)F)C1)N=C2c1ccc(C(=O)Nc2cc(C(F)(F)F)ccn2)cc1. The molecule has 1 fully saturated rings. The van der Waals surface area contributed by atoms with Crippen molar-refractivity contribution in [3.05, 3.63) is 83.1 Å². The topological polar surface area (TPSA) is 113 Å². The number of allylic oxidation sites excluding steroid dienone is 1. The average molecular weight is 593 g/mol. The van der Waals surface area contributed by atoms with Crippen LogP contribution in [-0.2, 0) is 11.0 Å². The number of amides is 2. The third-order valence-corrected chi connectivity index (χ3v) is 7.07. The lowest BCUT2D eigenvalue weighted by Gasteiger charge is -2.33. The summed E-state index contributed by atoms with van der Waals surface area (Å²) < 4.78 is 77.1. The molecule has 3 aliphatic heterocycles. The lowest BCUT2D eigenvalue weighted by atomic mass is 9.93. The van der Waals surface area contributed by atoms with E-state index in [9.17, 15) is 35.9 Å². The predicted molar refractivity (Wildman–Crippen MR) is 139 cm³/mol. The Bertz CT molecular complexity index is 1530. The second-order valence-corrected chi connectivity index (χ2v) is 9.99. The number of benzene rings is 1. The number of pyridine rings is 1. The maximum atomic E-state index is 13.0. The second-order valence-electron chi connectivity index (χ2n) is 9.99. The Kier molecular flexibility index (Phi) is 7.49. The summed E-state index contributed by atoms with van der Waals surface area (Å²) in [7, 11) is 0. The lowest BCUT2D eigenvalue weighted by Crippen LogP contribution is -2.53. The van der Waals surface area contributed by atoms with Crippen molar-refractivity contribution in [3.63, 3.8) is 0 Å². The number of nitrogens with one attached hydrogen (secondary N) is 1. The first-order valence-electron chi connectivity index (χ1n) is 12.8. The molecule has 220 valence electrons. The summed E-state index contributed by atoms with van der Waals surface area (Å²) in [4.78, 5) is 38.8. The Morgan fingerprint density at radius 1 is 1.10 bits per heavy atom. The maximum absolute atomic E-state index is 13.0. The van der Waals surface area contributed by atoms with Crippen LogP contribution in [0.1, 0.15) is 40.7 Å². The molecule has 4 heterocycles. The number of amidine groups is 1. The Labute approximate surface area is 235 Å². The Balaban J connectivity index is 1.37. The normalized spacial score (nSPS) is 22.2. The van der Waals surface area contributed by atoms with Gasteiger partial charge < -0.3 is 10.2 Å². The van der Waals surface area contributed by atoms with Crippen molar-refractivity contribution in [2.45, 2.75) is 31.6 Å². The zero-order valence-electron chi connectivity index (χ0n) is 21.8. The van der Waals surface area contributed by atoms with E-state index >= 15 is 0 Å². The minimum Gasteiger partial charge on any atom is -0.342 e. The van der Waals surface area contributed by atoms with E-state index in [1.165, 1.54) is 29.4 Å². The molecule has 1 aromatic heterocycles. The van der Waals surface area contributed by atoms with Gasteiger partial charge in [0.1, 0.15) is 24.1 Å². The van der Waals surface area contributed by atoms with Crippen LogP contribution in [-0.4, -0.2) is 57.6 Å². The number of carbonyl (C=O) groups excluding carboxylic acids is 2. The summed E-state index contributed by atoms with van der Waals surface area (Å²) in [5.41, 5.74) is 0.694. The largest absolute Gasteiger partial charge is 0.416 e. The summed E-state index contributed by atoms with van der Waals surface area (Å²) >= 11 is 0. The van der Waals surface area contributed by atoms with Crippen LogP contribution in [0.4, 0.5) is 32.2 Å². The first-order valence-corrected chi connectivity index (χ1v) is 12.8. The van der Waals surface area contributed by atoms with Gasteiger partial charge in [0.25, 0.3) is 11.7 Å². The number of piperidine rings is 1. The zero-order chi connectivity index (χ0) is 30.3. The smallest absolute Gasteiger partial charge is 0.342 e. The van der Waals surface area contributed by atoms with Gasteiger partial charge in [-0.1, -0.05) is 0 Å². The van der Waals surface area contributed by atoms with E-state index in [1.807, 2.05) is 0 Å². The number of rotatable bonds is 5. The molecule has 0 spiro atoms. The summed E-state index contributed by atoms with van der Waals surface area (Å²) in [5.74, 6) is 4.75. The first kappa shape index (κ1) is 29.1. The van der Waals surface area contributed by atoms with E-state index in [0.29, 0.717) is 35.6 Å². The monoisotopic (exact) mass is 592 g/mol. The van der Waals surface area contributed by atoms with Gasteiger partial charge in [0, 0.05) is 30.8 Å². The Morgan fingerprint density at radius 2 is 1.83 bits per heavy atom. The highest BCUT2D eigenvalue weighted by Crippen LogP contribution is 2.38. The minimum absolute atomic E-state index is 0.0464. The van der Waals surface area contributed by atoms with Crippen molar-refractivity contribution in [3.8, 4) is 0 Å². The minimum atomic E-state index is -4.61. The highest BCUT2D eigenvalue weighted by atomic mass is 19.4. The van der Waals surface area contributed by atoms with Crippen molar-refractivity contribution < 1.29 is 40.5 Å². The zero-order valence-corrected chi connectivity index (χ0v) is 21.8. The molecule has 0 aliphatic carbocycles. The number of alkyl halides is 6. The van der Waals surface area contributed by atoms with Gasteiger partial charge in [-0.05, 0) is 49.2 Å². The molecule has 1 unspecified atom stereocenters. The number of hydrogen-bond donors (Lipinski definition) is 2. The van der Waals surface area contributed by atoms with Crippen LogP contribution >= 0.6 is 0 Å². The molecule has 3 aliphatic rings. The molecule has 2 atom stereocenters. The number of aromatic nitrogens is 1. The number of carbonyl (C=O) groups is 2. The fourth-order valence-electron chi connectivity index (χ4n) is 5.05. The molecule has 3 N–H and O–H groups in total. The molecule has 2 amide bonds. The highest BCUT2D eigenvalue weighted by Gasteiger charge is 2.47. The quantitative estimate of drug-likeness (QED) is 0.296. The number of quaternary nitrogens is 1. The van der Waals surface area contributed by atoms with E-state index in [-0.39, 0.29) is 35.0 Å². The number of halogens is 6. The van der Waals surface area contributed by atoms with Gasteiger partial charge in [-0.3, -0.25) is 14.6 Å². The highest BCUT2D eigenvalue weighted by molar-refractivity contribution is 6.05. The van der Waals surface area contributed by atoms with Crippen molar-refractivity contribution in [2.75, 3.05) is 18.4 Å². The summed E-state index contributed by atoms with van der Waals surface area (Å²) in [6, 6.07) is 7.56. The number of hydrogen-bond acceptors (Lipinski definition) is 6. The van der Waals surface area contributed by atoms with Crippen molar-refractivity contribution >= 4 is 29.7 Å². The number of nitrogens with two attached hydrogens (primary N) is 1. The Hall–Kier alpha value is -4.37. The van der Waals surface area contributed by atoms with E-state index in [0.717, 1.165) is 18.3 Å². The van der Waals surface area contributed by atoms with Crippen LogP contribution in [0.2, 0.25) is 0 Å². The predicted octanol–water partition coefficient (Wildman–Crippen LogP) is 4.76. The first-order chi connectivity index (χ1) is 19.7. The van der Waals surface area contributed by atoms with Crippen molar-refractivity contribution in [1.82, 2.24) is 9.88 Å². The van der Waals surface area contributed by atoms with Crippen LogP contribution in [0.3, 0.4) is 0 Å². The fourth-order valence-corrected chi connectivity index (χ4v) is 5.05. The van der Waals surface area contributed by atoms with E-state index < -0.39 is 36.2 Å². The van der Waals surface area contributed by atoms with Gasteiger partial charge in [0.15, 0.2) is 0 Å². The van der Waals surface area contributed by atoms with Gasteiger partial charge in [-0.15, -0.1) is 4.59 Å². The van der Waals surface area contributed by atoms with Crippen molar-refractivity contribution in [1.29, 1.82) is 0 Å². The molecule has 0 saturated carbocycles. The van der Waals surface area contributed by atoms with Crippen LogP contribution in [0, 0.1) is 5.92 Å². The number of likely N-dealkylation sites (tertiary alicyclic amines) is 1. The van der Waals surface area contributed by atoms with Crippen LogP contribution < -0.4 is 11.2 Å². The number of anilines is 1. The lowest BCUT2D eigenvalue weighted by molar-refractivity contribution is -0.750. The second kappa shape index (κ2) is 10.8. The molecule has 0 bridgehead atoms. The molecular weight excluding hydrogens is 568 g/mol. The summed E-state index contributed by atoms with van der Waals surface area (Å²) in [5, 5.41) is 2.34. The standard InChI is InChI=1S/C27H23F6N7O2/c28-26(29,30)13-22(41)39-10-1-2-18(15-39)23-20-14-35-9-11-40(20,34)24(38-23)16-3-5-17(6-4-16)25(42)37-21-12-19(7-8-36-21)27(31,32)33/h3-9,11-12,14,18H,1-2,10,13,15,34H2/p+1/t18-,40?/m1/s1. The third-order valence-electron chi connectivity index (χ3n) is 7.07. The molecule has 1 aromatic carbocycles. The third kappa shape index (κ3) is 5.97. The number of fused-ring (bicyclic) bond motifs is 1.